The van der Waals surface area contributed by atoms with Crippen LogP contribution in [0, 0.1) is 0 Å². The molecule has 10 aromatic carbocycles. The van der Waals surface area contributed by atoms with Gasteiger partial charge in [-0.2, -0.15) is 0 Å². The van der Waals surface area contributed by atoms with Gasteiger partial charge in [0.1, 0.15) is 11.2 Å². The molecule has 4 nitrogen and oxygen atoms in total. The Bertz CT molecular complexity index is 4230. The fraction of sp³-hybridized carbons (Fsp3) is 0.221. The molecule has 13 rings (SSSR count). The van der Waals surface area contributed by atoms with Crippen molar-refractivity contribution in [3.05, 3.63) is 241 Å². The topological polar surface area (TPSA) is 22.9 Å². The van der Waals surface area contributed by atoms with Gasteiger partial charge in [-0.1, -0.05) is 210 Å². The summed E-state index contributed by atoms with van der Waals surface area (Å²) < 4.78 is 6.26. The zero-order valence-corrected chi connectivity index (χ0v) is 49.8. The maximum Gasteiger partial charge on any atom is 0.252 e. The number of anilines is 9. The Balaban J connectivity index is 1.06. The predicted molar refractivity (Wildman–Crippen MR) is 353 cm³/mol. The molecular formula is C77H74BN3O. The number of nitrogens with zero attached hydrogens (tertiary/aromatic N) is 3. The van der Waals surface area contributed by atoms with E-state index < -0.39 is 0 Å². The number of hydrogen-bond acceptors (Lipinski definition) is 4. The molecule has 0 saturated carbocycles. The van der Waals surface area contributed by atoms with Crippen LogP contribution in [0.4, 0.5) is 51.2 Å². The number of fused-ring (bicyclic) bond motifs is 7. The molecule has 0 atom stereocenters. The molecule has 0 saturated heterocycles. The van der Waals surface area contributed by atoms with E-state index in [2.05, 4.69) is 310 Å². The Hall–Kier alpha value is -8.54. The highest BCUT2D eigenvalue weighted by Crippen LogP contribution is 2.50. The molecule has 0 fully saturated rings. The van der Waals surface area contributed by atoms with E-state index in [1.54, 1.807) is 0 Å². The van der Waals surface area contributed by atoms with Crippen LogP contribution in [0.15, 0.2) is 223 Å². The molecule has 0 amide bonds. The lowest BCUT2D eigenvalue weighted by Crippen LogP contribution is -2.61. The number of hydrogen-bond donors (Lipinski definition) is 0. The van der Waals surface area contributed by atoms with Gasteiger partial charge in [-0.3, -0.25) is 0 Å². The van der Waals surface area contributed by atoms with E-state index >= 15 is 0 Å². The molecule has 0 bridgehead atoms. The first-order valence-electron chi connectivity index (χ1n) is 29.5. The highest BCUT2D eigenvalue weighted by atomic mass is 16.3. The van der Waals surface area contributed by atoms with Crippen molar-refractivity contribution in [3.8, 4) is 22.3 Å². The van der Waals surface area contributed by atoms with Crippen molar-refractivity contribution in [3.63, 3.8) is 0 Å². The lowest BCUT2D eigenvalue weighted by molar-refractivity contribution is 0.506. The fourth-order valence-electron chi connectivity index (χ4n) is 12.6. The minimum atomic E-state index is -0.178. The zero-order valence-electron chi connectivity index (χ0n) is 49.8. The molecule has 0 spiro atoms. The molecule has 1 aromatic heterocycles. The number of benzene rings is 10. The summed E-state index contributed by atoms with van der Waals surface area (Å²) in [6.45, 7) is 27.9. The molecule has 2 aliphatic heterocycles. The highest BCUT2D eigenvalue weighted by molar-refractivity contribution is 7.00. The van der Waals surface area contributed by atoms with E-state index in [0.717, 1.165) is 67.9 Å². The van der Waals surface area contributed by atoms with Crippen LogP contribution < -0.4 is 31.1 Å². The van der Waals surface area contributed by atoms with Crippen molar-refractivity contribution >= 4 is 96.2 Å². The summed E-state index contributed by atoms with van der Waals surface area (Å²) in [5.41, 5.74) is 25.8. The molecular weight excluding hydrogens is 994 g/mol. The van der Waals surface area contributed by atoms with Gasteiger partial charge in [0.15, 0.2) is 0 Å². The minimum absolute atomic E-state index is 0.00620. The van der Waals surface area contributed by atoms with Gasteiger partial charge in [-0.25, -0.2) is 0 Å². The molecule has 11 aromatic rings. The largest absolute Gasteiger partial charge is 0.456 e. The van der Waals surface area contributed by atoms with Crippen molar-refractivity contribution in [2.24, 2.45) is 0 Å². The molecule has 0 unspecified atom stereocenters. The molecule has 0 aliphatic carbocycles. The van der Waals surface area contributed by atoms with Crippen LogP contribution in [0.25, 0.3) is 44.2 Å². The average Bonchev–Trinajstić information content (AvgIpc) is 1.02. The predicted octanol–water partition coefficient (Wildman–Crippen LogP) is 20.1. The monoisotopic (exact) mass is 1070 g/mol. The van der Waals surface area contributed by atoms with Crippen LogP contribution in [0.5, 0.6) is 0 Å². The Morgan fingerprint density at radius 2 is 0.951 bits per heavy atom. The maximum atomic E-state index is 6.26. The lowest BCUT2D eigenvalue weighted by Gasteiger charge is -2.45. The van der Waals surface area contributed by atoms with Crippen molar-refractivity contribution in [2.75, 3.05) is 14.7 Å². The SMILES string of the molecule is CCC(C)(C)c1ccc(N2c3cc(N(c4ccc(C(C)(C)C)cc4)c4ccccc4-c4ccccc4)ccc3B3c4cc(C(C)(C)C)ccc4N(c4ccc(-c5ccc6oc7ccccc7c6c5)cc4)c4cc(C(C)(C)C)cc2c43)cc1. The molecule has 82 heavy (non-hydrogen) atoms. The average molecular weight is 1070 g/mol. The fourth-order valence-corrected chi connectivity index (χ4v) is 12.6. The van der Waals surface area contributed by atoms with Crippen LogP contribution in [0.2, 0.25) is 0 Å². The standard InChI is InChI=1S/C77H74BN3O/c1-13-77(11,12)54-32-39-59(40-33-54)81-68-49-60(79(57-37-30-53(31-38-57)74(2,3)4)66-25-19-17-23-61(66)51-21-15-14-16-22-51)41-42-64(68)78-65-46-55(75(5,6)7)34-43-67(65)80(69-47-56(76(8,9)10)48-70(81)73(69)78)58-35-27-50(28-36-58)52-29-44-72-63(45-52)62-24-18-20-26-71(62)82-72/h14-49H,13H2,1-12H3. The second-order valence-electron chi connectivity index (χ2n) is 26.7. The van der Waals surface area contributed by atoms with Crippen molar-refractivity contribution in [1.29, 1.82) is 0 Å². The van der Waals surface area contributed by atoms with Gasteiger partial charge >= 0.3 is 0 Å². The second-order valence-corrected chi connectivity index (χ2v) is 26.7. The third-order valence-corrected chi connectivity index (χ3v) is 17.9. The first-order valence-corrected chi connectivity index (χ1v) is 29.5. The van der Waals surface area contributed by atoms with Gasteiger partial charge in [0.2, 0.25) is 0 Å². The van der Waals surface area contributed by atoms with Gasteiger partial charge < -0.3 is 19.1 Å². The Morgan fingerprint density at radius 1 is 0.390 bits per heavy atom. The smallest absolute Gasteiger partial charge is 0.252 e. The van der Waals surface area contributed by atoms with Crippen molar-refractivity contribution in [1.82, 2.24) is 0 Å². The molecule has 2 aliphatic rings. The number of furan rings is 1. The van der Waals surface area contributed by atoms with E-state index in [1.807, 2.05) is 6.07 Å². The highest BCUT2D eigenvalue weighted by Gasteiger charge is 2.45. The Labute approximate surface area is 486 Å². The third kappa shape index (κ3) is 9.10. The summed E-state index contributed by atoms with van der Waals surface area (Å²) in [5, 5.41) is 2.27. The van der Waals surface area contributed by atoms with Crippen LogP contribution in [-0.4, -0.2) is 6.71 Å². The number of para-hydroxylation sites is 2. The Kier molecular flexibility index (Phi) is 12.6. The quantitative estimate of drug-likeness (QED) is 0.134. The van der Waals surface area contributed by atoms with Gasteiger partial charge in [-0.05, 0) is 174 Å². The van der Waals surface area contributed by atoms with E-state index in [-0.39, 0.29) is 28.4 Å². The summed E-state index contributed by atoms with van der Waals surface area (Å²) in [6.07, 6.45) is 1.05. The van der Waals surface area contributed by atoms with Crippen LogP contribution in [-0.2, 0) is 21.7 Å². The van der Waals surface area contributed by atoms with Gasteiger partial charge in [0.25, 0.3) is 6.71 Å². The first-order chi connectivity index (χ1) is 39.2. The van der Waals surface area contributed by atoms with E-state index in [1.165, 1.54) is 72.5 Å². The van der Waals surface area contributed by atoms with E-state index in [9.17, 15) is 0 Å². The first kappa shape index (κ1) is 52.8. The molecule has 0 N–H and O–H groups in total. The minimum Gasteiger partial charge on any atom is -0.456 e. The second kappa shape index (κ2) is 19.6. The van der Waals surface area contributed by atoms with Gasteiger partial charge in [-0.15, -0.1) is 0 Å². The van der Waals surface area contributed by atoms with Crippen LogP contribution in [0.1, 0.15) is 112 Å². The van der Waals surface area contributed by atoms with Crippen LogP contribution >= 0.6 is 0 Å². The Morgan fingerprint density at radius 3 is 1.62 bits per heavy atom. The maximum absolute atomic E-state index is 6.26. The van der Waals surface area contributed by atoms with Crippen LogP contribution in [0.3, 0.4) is 0 Å². The summed E-state index contributed by atoms with van der Waals surface area (Å²) >= 11 is 0. The normalized spacial score (nSPS) is 13.3. The summed E-state index contributed by atoms with van der Waals surface area (Å²) in [4.78, 5) is 7.66. The van der Waals surface area contributed by atoms with Crippen molar-refractivity contribution < 1.29 is 4.42 Å². The van der Waals surface area contributed by atoms with Gasteiger partial charge in [0, 0.05) is 61.8 Å². The molecule has 406 valence electrons. The van der Waals surface area contributed by atoms with E-state index in [0.29, 0.717) is 0 Å². The molecule has 3 heterocycles. The van der Waals surface area contributed by atoms with Gasteiger partial charge in [0.05, 0.1) is 5.69 Å². The zero-order chi connectivity index (χ0) is 57.0. The van der Waals surface area contributed by atoms with Crippen molar-refractivity contribution in [2.45, 2.75) is 111 Å². The summed E-state index contributed by atoms with van der Waals surface area (Å²) in [7, 11) is 0. The van der Waals surface area contributed by atoms with E-state index in [4.69, 9.17) is 4.42 Å². The number of rotatable bonds is 9. The summed E-state index contributed by atoms with van der Waals surface area (Å²) in [6, 6.07) is 82.4. The molecule has 5 heteroatoms. The lowest BCUT2D eigenvalue weighted by atomic mass is 9.33. The summed E-state index contributed by atoms with van der Waals surface area (Å²) in [5.74, 6) is 0. The third-order valence-electron chi connectivity index (χ3n) is 17.9. The molecule has 0 radical (unpaired) electrons.